The molecule has 0 spiro atoms. The number of carbonyl (C=O) groups excluding carboxylic acids is 3. The Morgan fingerprint density at radius 3 is 2.29 bits per heavy atom. The summed E-state index contributed by atoms with van der Waals surface area (Å²) in [6, 6.07) is 17.1. The van der Waals surface area contributed by atoms with Crippen LogP contribution < -0.4 is 9.64 Å². The van der Waals surface area contributed by atoms with Crippen molar-refractivity contribution in [2.75, 3.05) is 4.90 Å². The summed E-state index contributed by atoms with van der Waals surface area (Å²) in [5, 5.41) is 11.4. The van der Waals surface area contributed by atoms with Crippen LogP contribution in [0.4, 0.5) is 11.4 Å². The normalized spacial score (nSPS) is 18.7. The Bertz CT molecular complexity index is 1400. The molecule has 3 aromatic carbocycles. The second-order valence-electron chi connectivity index (χ2n) is 9.23. The molecule has 194 valence electrons. The van der Waals surface area contributed by atoms with Gasteiger partial charge in [0.25, 0.3) is 0 Å². The zero-order chi connectivity index (χ0) is 26.8. The maximum Gasteiger partial charge on any atom is 0.338 e. The van der Waals surface area contributed by atoms with Crippen LogP contribution in [0.1, 0.15) is 41.6 Å². The molecule has 0 N–H and O–H groups in total. The van der Waals surface area contributed by atoms with Crippen molar-refractivity contribution in [2.45, 2.75) is 32.3 Å². The average Bonchev–Trinajstić information content (AvgIpc) is 3.18. The van der Waals surface area contributed by atoms with Crippen molar-refractivity contribution in [1.82, 2.24) is 0 Å². The van der Waals surface area contributed by atoms with Gasteiger partial charge in [-0.3, -0.25) is 24.6 Å². The first-order chi connectivity index (χ1) is 18.3. The number of hydrogen-bond acceptors (Lipinski definition) is 7. The van der Waals surface area contributed by atoms with Crippen molar-refractivity contribution >= 4 is 40.8 Å². The Labute approximate surface area is 223 Å². The van der Waals surface area contributed by atoms with E-state index in [-0.39, 0.29) is 52.3 Å². The number of fused-ring (bicyclic) bond motifs is 1. The lowest BCUT2D eigenvalue weighted by molar-refractivity contribution is -0.385. The van der Waals surface area contributed by atoms with E-state index < -0.39 is 10.9 Å². The molecule has 0 aromatic heterocycles. The first-order valence-electron chi connectivity index (χ1n) is 12.2. The lowest BCUT2D eigenvalue weighted by Gasteiger charge is -2.19. The Balaban J connectivity index is 1.23. The molecule has 2 amide bonds. The van der Waals surface area contributed by atoms with E-state index in [4.69, 9.17) is 21.1 Å². The van der Waals surface area contributed by atoms with Gasteiger partial charge in [-0.1, -0.05) is 48.7 Å². The molecule has 9 nitrogen and oxygen atoms in total. The number of nitro benzene ring substituents is 1. The predicted molar refractivity (Wildman–Crippen MR) is 138 cm³/mol. The molecule has 3 aromatic rings. The van der Waals surface area contributed by atoms with Crippen LogP contribution in [-0.4, -0.2) is 22.7 Å². The van der Waals surface area contributed by atoms with Gasteiger partial charge in [0, 0.05) is 6.07 Å². The molecular formula is C28H23ClN2O7. The van der Waals surface area contributed by atoms with Crippen molar-refractivity contribution in [3.63, 3.8) is 0 Å². The van der Waals surface area contributed by atoms with Crippen LogP contribution >= 0.6 is 11.6 Å². The summed E-state index contributed by atoms with van der Waals surface area (Å²) >= 11 is 6.07. The predicted octanol–water partition coefficient (Wildman–Crippen LogP) is 6.08. The van der Waals surface area contributed by atoms with Crippen LogP contribution in [0.25, 0.3) is 0 Å². The number of nitro groups is 1. The molecule has 5 rings (SSSR count). The number of hydrogen-bond donors (Lipinski definition) is 0. The molecule has 38 heavy (non-hydrogen) atoms. The highest BCUT2D eigenvalue weighted by molar-refractivity contribution is 6.32. The number of carbonyl (C=O) groups is 3. The van der Waals surface area contributed by atoms with Crippen LogP contribution in [0.5, 0.6) is 11.5 Å². The van der Waals surface area contributed by atoms with Crippen LogP contribution in [0.15, 0.2) is 66.7 Å². The van der Waals surface area contributed by atoms with Gasteiger partial charge in [0.2, 0.25) is 17.6 Å². The van der Waals surface area contributed by atoms with Crippen molar-refractivity contribution < 1.29 is 28.8 Å². The number of amides is 2. The second-order valence-corrected chi connectivity index (χ2v) is 9.63. The van der Waals surface area contributed by atoms with Crippen LogP contribution in [-0.2, 0) is 20.9 Å². The molecule has 0 radical (unpaired) electrons. The first kappa shape index (κ1) is 25.4. The third-order valence-corrected chi connectivity index (χ3v) is 7.13. The second kappa shape index (κ2) is 10.6. The summed E-state index contributed by atoms with van der Waals surface area (Å²) in [7, 11) is 0. The van der Waals surface area contributed by atoms with E-state index in [1.807, 2.05) is 0 Å². The van der Waals surface area contributed by atoms with Gasteiger partial charge in [-0.05, 0) is 54.8 Å². The molecule has 1 heterocycles. The minimum absolute atomic E-state index is 0.0404. The van der Waals surface area contributed by atoms with Gasteiger partial charge in [0.05, 0.1) is 33.0 Å². The number of esters is 1. The number of rotatable bonds is 7. The highest BCUT2D eigenvalue weighted by atomic mass is 35.5. The lowest BCUT2D eigenvalue weighted by atomic mass is 9.81. The van der Waals surface area contributed by atoms with Crippen LogP contribution in [0.2, 0.25) is 5.02 Å². The number of ether oxygens (including phenoxy) is 2. The average molecular weight is 535 g/mol. The van der Waals surface area contributed by atoms with Gasteiger partial charge < -0.3 is 9.47 Å². The Kier molecular flexibility index (Phi) is 7.11. The maximum atomic E-state index is 12.9. The van der Waals surface area contributed by atoms with E-state index in [0.717, 1.165) is 12.8 Å². The molecule has 2 aliphatic rings. The molecule has 2 fully saturated rings. The van der Waals surface area contributed by atoms with E-state index in [0.29, 0.717) is 29.8 Å². The summed E-state index contributed by atoms with van der Waals surface area (Å²) in [5.41, 5.74) is 1.00. The van der Waals surface area contributed by atoms with Crippen molar-refractivity contribution in [3.8, 4) is 11.5 Å². The lowest BCUT2D eigenvalue weighted by Crippen LogP contribution is -2.31. The summed E-state index contributed by atoms with van der Waals surface area (Å²) in [6.07, 6.45) is 3.31. The SMILES string of the molecule is O=C(OCc1ccc(Oc2c(Cl)cccc2[N+](=O)[O-])cc1)c1cccc(N2C(=O)C3CCCCC3C2=O)c1. The molecule has 2 unspecified atom stereocenters. The number of nitrogens with zero attached hydrogens (tertiary/aromatic N) is 2. The molecule has 2 atom stereocenters. The zero-order valence-corrected chi connectivity index (χ0v) is 20.9. The number of benzene rings is 3. The largest absolute Gasteiger partial charge is 0.457 e. The maximum absolute atomic E-state index is 12.9. The summed E-state index contributed by atoms with van der Waals surface area (Å²) in [4.78, 5) is 50.4. The summed E-state index contributed by atoms with van der Waals surface area (Å²) < 4.78 is 11.1. The smallest absolute Gasteiger partial charge is 0.338 e. The Morgan fingerprint density at radius 1 is 0.974 bits per heavy atom. The third kappa shape index (κ3) is 4.97. The molecule has 10 heteroatoms. The first-order valence-corrected chi connectivity index (χ1v) is 12.6. The molecule has 1 aliphatic heterocycles. The molecular weight excluding hydrogens is 512 g/mol. The fourth-order valence-electron chi connectivity index (χ4n) is 4.93. The fourth-order valence-corrected chi connectivity index (χ4v) is 5.14. The van der Waals surface area contributed by atoms with E-state index in [9.17, 15) is 24.5 Å². The number of imide groups is 1. The summed E-state index contributed by atoms with van der Waals surface area (Å²) in [6.45, 7) is -0.0404. The fraction of sp³-hybridized carbons (Fsp3) is 0.250. The Hall–Kier alpha value is -4.24. The van der Waals surface area contributed by atoms with E-state index >= 15 is 0 Å². The summed E-state index contributed by atoms with van der Waals surface area (Å²) in [5.74, 6) is -1.29. The van der Waals surface area contributed by atoms with Gasteiger partial charge in [-0.25, -0.2) is 4.79 Å². The molecule has 0 bridgehead atoms. The monoisotopic (exact) mass is 534 g/mol. The molecule has 1 saturated carbocycles. The van der Waals surface area contributed by atoms with Crippen molar-refractivity contribution in [2.24, 2.45) is 11.8 Å². The van der Waals surface area contributed by atoms with E-state index in [2.05, 4.69) is 0 Å². The van der Waals surface area contributed by atoms with Gasteiger partial charge in [0.1, 0.15) is 12.4 Å². The standard InChI is InChI=1S/C28H23ClN2O7/c29-23-9-4-10-24(31(35)36)25(23)38-20-13-11-17(12-14-20)16-37-28(34)18-5-3-6-19(15-18)30-26(32)21-7-1-2-8-22(21)27(30)33/h3-6,9-15,21-22H,1-2,7-8,16H2. The number of anilines is 1. The number of para-hydroxylation sites is 1. The topological polar surface area (TPSA) is 116 Å². The van der Waals surface area contributed by atoms with Gasteiger partial charge >= 0.3 is 11.7 Å². The number of halogens is 1. The van der Waals surface area contributed by atoms with Crippen LogP contribution in [0.3, 0.4) is 0 Å². The van der Waals surface area contributed by atoms with Gasteiger partial charge in [-0.15, -0.1) is 0 Å². The third-order valence-electron chi connectivity index (χ3n) is 6.84. The quantitative estimate of drug-likeness (QED) is 0.156. The molecule has 1 saturated heterocycles. The van der Waals surface area contributed by atoms with Crippen molar-refractivity contribution in [3.05, 3.63) is 93.0 Å². The highest BCUT2D eigenvalue weighted by Gasteiger charge is 2.48. The van der Waals surface area contributed by atoms with E-state index in [1.54, 1.807) is 42.5 Å². The van der Waals surface area contributed by atoms with Gasteiger partial charge in [-0.2, -0.15) is 0 Å². The Morgan fingerprint density at radius 2 is 1.63 bits per heavy atom. The van der Waals surface area contributed by atoms with Gasteiger partial charge in [0.15, 0.2) is 0 Å². The van der Waals surface area contributed by atoms with Crippen LogP contribution in [0, 0.1) is 22.0 Å². The van der Waals surface area contributed by atoms with E-state index in [1.165, 1.54) is 29.2 Å². The molecule has 1 aliphatic carbocycles. The minimum atomic E-state index is -0.602. The highest BCUT2D eigenvalue weighted by Crippen LogP contribution is 2.40. The zero-order valence-electron chi connectivity index (χ0n) is 20.2. The minimum Gasteiger partial charge on any atom is -0.457 e. The van der Waals surface area contributed by atoms with Crippen molar-refractivity contribution in [1.29, 1.82) is 0 Å².